The first kappa shape index (κ1) is 23.8. The Morgan fingerprint density at radius 3 is 2.59 bits per heavy atom. The number of fused-ring (bicyclic) bond motifs is 1. The second kappa shape index (κ2) is 9.12. The number of benzene rings is 1. The largest absolute Gasteiger partial charge is 0.506 e. The Labute approximate surface area is 205 Å². The number of ether oxygens (including phenoxy) is 1. The quantitative estimate of drug-likeness (QED) is 0.301. The van der Waals surface area contributed by atoms with E-state index < -0.39 is 11.7 Å². The SMILES string of the molecule is C=C(O)c1ccc(-c2c(F)c(Cl)cc([C@H](C)c3nc(Cl)c4c(N)nccn34)c2OC(C)C)cn1. The van der Waals surface area contributed by atoms with E-state index in [4.69, 9.17) is 33.7 Å². The lowest BCUT2D eigenvalue weighted by Crippen LogP contribution is -2.13. The van der Waals surface area contributed by atoms with Gasteiger partial charge in [-0.1, -0.05) is 42.8 Å². The minimum Gasteiger partial charge on any atom is -0.506 e. The minimum atomic E-state index is -0.648. The summed E-state index contributed by atoms with van der Waals surface area (Å²) in [5.74, 6) is -0.158. The summed E-state index contributed by atoms with van der Waals surface area (Å²) in [6, 6.07) is 4.69. The van der Waals surface area contributed by atoms with E-state index in [0.717, 1.165) is 0 Å². The van der Waals surface area contributed by atoms with Crippen molar-refractivity contribution in [2.24, 2.45) is 0 Å². The molecular formula is C24H22Cl2FN5O2. The van der Waals surface area contributed by atoms with E-state index in [1.54, 1.807) is 22.9 Å². The summed E-state index contributed by atoms with van der Waals surface area (Å²) in [7, 11) is 0. The number of rotatable bonds is 6. The Hall–Kier alpha value is -3.36. The van der Waals surface area contributed by atoms with Crippen LogP contribution < -0.4 is 10.5 Å². The molecule has 0 spiro atoms. The molecule has 0 unspecified atom stereocenters. The van der Waals surface area contributed by atoms with Crippen molar-refractivity contribution in [2.45, 2.75) is 32.8 Å². The fourth-order valence-electron chi connectivity index (χ4n) is 3.77. The molecule has 34 heavy (non-hydrogen) atoms. The molecule has 3 aromatic heterocycles. The van der Waals surface area contributed by atoms with E-state index in [-0.39, 0.29) is 39.1 Å². The van der Waals surface area contributed by atoms with Crippen molar-refractivity contribution in [3.8, 4) is 16.9 Å². The van der Waals surface area contributed by atoms with Crippen molar-refractivity contribution in [1.29, 1.82) is 0 Å². The molecule has 0 bridgehead atoms. The summed E-state index contributed by atoms with van der Waals surface area (Å²) in [6.07, 6.45) is 4.42. The highest BCUT2D eigenvalue weighted by Crippen LogP contribution is 2.44. The fourth-order valence-corrected chi connectivity index (χ4v) is 4.26. The second-order valence-electron chi connectivity index (χ2n) is 8.02. The molecule has 0 aliphatic heterocycles. The lowest BCUT2D eigenvalue weighted by atomic mass is 9.93. The third-order valence-corrected chi connectivity index (χ3v) is 5.86. The van der Waals surface area contributed by atoms with Gasteiger partial charge >= 0.3 is 0 Å². The number of nitrogen functional groups attached to an aromatic ring is 1. The molecule has 10 heteroatoms. The molecule has 3 N–H and O–H groups in total. The molecule has 7 nitrogen and oxygen atoms in total. The summed E-state index contributed by atoms with van der Waals surface area (Å²) in [6.45, 7) is 9.03. The molecule has 0 amide bonds. The first-order chi connectivity index (χ1) is 16.1. The van der Waals surface area contributed by atoms with Crippen molar-refractivity contribution < 1.29 is 14.2 Å². The molecule has 3 heterocycles. The summed E-state index contributed by atoms with van der Waals surface area (Å²) >= 11 is 12.7. The molecule has 0 saturated carbocycles. The number of imidazole rings is 1. The van der Waals surface area contributed by atoms with Crippen LogP contribution in [0.15, 0.2) is 43.4 Å². The van der Waals surface area contributed by atoms with Crippen molar-refractivity contribution >= 4 is 40.3 Å². The molecule has 176 valence electrons. The Morgan fingerprint density at radius 2 is 1.97 bits per heavy atom. The summed E-state index contributed by atoms with van der Waals surface area (Å²) in [4.78, 5) is 12.7. The predicted molar refractivity (Wildman–Crippen MR) is 132 cm³/mol. The molecular weight excluding hydrogens is 480 g/mol. The van der Waals surface area contributed by atoms with Gasteiger partial charge in [0.25, 0.3) is 0 Å². The van der Waals surface area contributed by atoms with E-state index in [1.165, 1.54) is 18.3 Å². The molecule has 0 radical (unpaired) electrons. The highest BCUT2D eigenvalue weighted by atomic mass is 35.5. The van der Waals surface area contributed by atoms with Crippen LogP contribution in [-0.4, -0.2) is 30.6 Å². The second-order valence-corrected chi connectivity index (χ2v) is 8.79. The summed E-state index contributed by atoms with van der Waals surface area (Å²) in [5, 5.41) is 9.72. The minimum absolute atomic E-state index is 0.0864. The Bertz CT molecular complexity index is 1400. The van der Waals surface area contributed by atoms with E-state index in [0.29, 0.717) is 28.2 Å². The third kappa shape index (κ3) is 4.15. The molecule has 0 aliphatic carbocycles. The van der Waals surface area contributed by atoms with Gasteiger partial charge in [-0.05, 0) is 26.0 Å². The number of nitrogens with zero attached hydrogens (tertiary/aromatic N) is 4. The molecule has 0 saturated heterocycles. The normalized spacial score (nSPS) is 12.3. The van der Waals surface area contributed by atoms with Crippen molar-refractivity contribution in [1.82, 2.24) is 19.4 Å². The van der Waals surface area contributed by atoms with Crippen LogP contribution in [0.5, 0.6) is 5.75 Å². The first-order valence-electron chi connectivity index (χ1n) is 10.4. The smallest absolute Gasteiger partial charge is 0.158 e. The van der Waals surface area contributed by atoms with Crippen LogP contribution in [0, 0.1) is 5.82 Å². The summed E-state index contributed by atoms with van der Waals surface area (Å²) in [5.41, 5.74) is 7.93. The van der Waals surface area contributed by atoms with E-state index in [1.807, 2.05) is 20.8 Å². The van der Waals surface area contributed by atoms with Gasteiger partial charge < -0.3 is 15.6 Å². The van der Waals surface area contributed by atoms with E-state index in [9.17, 15) is 5.11 Å². The fraction of sp³-hybridized carbons (Fsp3) is 0.208. The van der Waals surface area contributed by atoms with Gasteiger partial charge in [-0.3, -0.25) is 9.38 Å². The number of halogens is 3. The molecule has 4 aromatic rings. The van der Waals surface area contributed by atoms with Crippen LogP contribution in [-0.2, 0) is 0 Å². The number of hydrogen-bond donors (Lipinski definition) is 2. The van der Waals surface area contributed by atoms with Crippen LogP contribution in [0.3, 0.4) is 0 Å². The van der Waals surface area contributed by atoms with Gasteiger partial charge in [-0.15, -0.1) is 0 Å². The average Bonchev–Trinajstić information content (AvgIpc) is 3.13. The van der Waals surface area contributed by atoms with E-state index in [2.05, 4.69) is 21.5 Å². The van der Waals surface area contributed by atoms with Crippen LogP contribution >= 0.6 is 23.2 Å². The monoisotopic (exact) mass is 501 g/mol. The van der Waals surface area contributed by atoms with Gasteiger partial charge in [0.05, 0.1) is 16.7 Å². The van der Waals surface area contributed by atoms with Gasteiger partial charge in [-0.2, -0.15) is 0 Å². The lowest BCUT2D eigenvalue weighted by molar-refractivity contribution is 0.239. The van der Waals surface area contributed by atoms with Crippen LogP contribution in [0.25, 0.3) is 22.4 Å². The van der Waals surface area contributed by atoms with E-state index >= 15 is 4.39 Å². The third-order valence-electron chi connectivity index (χ3n) is 5.32. The highest BCUT2D eigenvalue weighted by molar-refractivity contribution is 6.33. The van der Waals surface area contributed by atoms with Gasteiger partial charge in [0, 0.05) is 35.6 Å². The lowest BCUT2D eigenvalue weighted by Gasteiger charge is -2.23. The number of aromatic nitrogens is 4. The first-order valence-corrected chi connectivity index (χ1v) is 11.2. The number of hydrogen-bond acceptors (Lipinski definition) is 6. The van der Waals surface area contributed by atoms with Crippen molar-refractivity contribution in [2.75, 3.05) is 5.73 Å². The standard InChI is InChI=1S/C24H22Cl2FN5O2/c1-11(2)34-21-15(12(3)24-31-22(26)20-23(28)29-7-8-32(20)24)9-16(25)19(27)18(21)14-5-6-17(13(4)33)30-10-14/h5-12,33H,4H2,1-3H3,(H2,28,29)/t12-/m0/s1. The Balaban J connectivity index is 1.96. The van der Waals surface area contributed by atoms with Crippen molar-refractivity contribution in [3.63, 3.8) is 0 Å². The predicted octanol–water partition coefficient (Wildman–Crippen LogP) is 6.29. The number of aliphatic hydroxyl groups is 1. The zero-order chi connectivity index (χ0) is 24.7. The number of pyridine rings is 1. The molecule has 1 aromatic carbocycles. The van der Waals surface area contributed by atoms with Gasteiger partial charge in [0.15, 0.2) is 16.8 Å². The zero-order valence-electron chi connectivity index (χ0n) is 18.7. The topological polar surface area (TPSA) is 98.6 Å². The zero-order valence-corrected chi connectivity index (χ0v) is 20.2. The highest BCUT2D eigenvalue weighted by Gasteiger charge is 2.28. The Kier molecular flexibility index (Phi) is 6.38. The van der Waals surface area contributed by atoms with Gasteiger partial charge in [0.1, 0.15) is 28.5 Å². The number of nitrogens with two attached hydrogens (primary N) is 1. The van der Waals surface area contributed by atoms with Gasteiger partial charge in [0.2, 0.25) is 0 Å². The number of aliphatic hydroxyl groups excluding tert-OH is 1. The molecule has 0 aliphatic rings. The molecule has 0 fully saturated rings. The Morgan fingerprint density at radius 1 is 1.24 bits per heavy atom. The maximum absolute atomic E-state index is 15.4. The van der Waals surface area contributed by atoms with Crippen LogP contribution in [0.2, 0.25) is 10.2 Å². The maximum atomic E-state index is 15.4. The number of anilines is 1. The molecule has 1 atom stereocenters. The maximum Gasteiger partial charge on any atom is 0.158 e. The van der Waals surface area contributed by atoms with Gasteiger partial charge in [-0.25, -0.2) is 14.4 Å². The average molecular weight is 502 g/mol. The summed E-state index contributed by atoms with van der Waals surface area (Å²) < 4.78 is 23.3. The van der Waals surface area contributed by atoms with Crippen LogP contribution in [0.4, 0.5) is 10.2 Å². The molecule has 4 rings (SSSR count). The van der Waals surface area contributed by atoms with Crippen molar-refractivity contribution in [3.05, 3.63) is 76.4 Å². The van der Waals surface area contributed by atoms with Crippen LogP contribution in [0.1, 0.15) is 43.8 Å².